The highest BCUT2D eigenvalue weighted by Gasteiger charge is 2.12. The van der Waals surface area contributed by atoms with Gasteiger partial charge in [-0.2, -0.15) is 5.26 Å². The van der Waals surface area contributed by atoms with Crippen LogP contribution in [0.25, 0.3) is 6.08 Å². The number of ether oxygens (including phenoxy) is 3. The summed E-state index contributed by atoms with van der Waals surface area (Å²) in [4.78, 5) is 12.6. The number of carbonyl (C=O) groups is 1. The molecule has 3 rings (SSSR count). The van der Waals surface area contributed by atoms with Gasteiger partial charge in [-0.1, -0.05) is 47.5 Å². The van der Waals surface area contributed by atoms with Crippen molar-refractivity contribution in [1.29, 1.82) is 5.26 Å². The molecule has 0 aliphatic rings. The number of carbonyl (C=O) groups excluding carboxylic acids is 1. The fraction of sp³-hybridized carbons (Fsp3) is 0.185. The van der Waals surface area contributed by atoms with Crippen molar-refractivity contribution in [2.24, 2.45) is 0 Å². The van der Waals surface area contributed by atoms with Gasteiger partial charge >= 0.3 is 0 Å². The number of methoxy groups -OCH3 is 1. The lowest BCUT2D eigenvalue weighted by Gasteiger charge is -2.13. The van der Waals surface area contributed by atoms with Gasteiger partial charge in [0.15, 0.2) is 11.5 Å². The quantitative estimate of drug-likeness (QED) is 0.259. The van der Waals surface area contributed by atoms with E-state index in [0.29, 0.717) is 33.7 Å². The highest BCUT2D eigenvalue weighted by molar-refractivity contribution is 6.42. The third-order valence-electron chi connectivity index (χ3n) is 4.93. The first-order chi connectivity index (χ1) is 16.9. The van der Waals surface area contributed by atoms with E-state index in [0.717, 1.165) is 16.9 Å². The standard InChI is InChI=1S/C27H24Cl2N2O4/c1-3-34-26-14-19(7-11-25(26)35-17-20-6-10-23(28)24(29)13-20)12-21(15-30)27(32)31-16-18-4-8-22(33-2)9-5-18/h4-14H,3,16-17H2,1-2H3,(H,31,32)/b21-12-. The second-order valence-corrected chi connectivity index (χ2v) is 8.19. The maximum absolute atomic E-state index is 12.6. The Morgan fingerprint density at radius 3 is 2.37 bits per heavy atom. The van der Waals surface area contributed by atoms with E-state index >= 15 is 0 Å². The number of nitriles is 1. The second-order valence-electron chi connectivity index (χ2n) is 7.38. The van der Waals surface area contributed by atoms with Gasteiger partial charge in [0.2, 0.25) is 0 Å². The average Bonchev–Trinajstić information content (AvgIpc) is 2.87. The predicted octanol–water partition coefficient (Wildman–Crippen LogP) is 6.20. The van der Waals surface area contributed by atoms with Gasteiger partial charge in [-0.3, -0.25) is 4.79 Å². The maximum atomic E-state index is 12.6. The first-order valence-electron chi connectivity index (χ1n) is 10.8. The van der Waals surface area contributed by atoms with Crippen molar-refractivity contribution < 1.29 is 19.0 Å². The molecule has 0 bridgehead atoms. The third kappa shape index (κ3) is 7.41. The summed E-state index contributed by atoms with van der Waals surface area (Å²) in [6.07, 6.45) is 1.51. The van der Waals surface area contributed by atoms with Crippen LogP contribution in [0.4, 0.5) is 0 Å². The molecule has 6 nitrogen and oxygen atoms in total. The molecule has 0 fully saturated rings. The maximum Gasteiger partial charge on any atom is 0.262 e. The van der Waals surface area contributed by atoms with Gasteiger partial charge in [-0.15, -0.1) is 0 Å². The Balaban J connectivity index is 1.70. The number of amides is 1. The van der Waals surface area contributed by atoms with E-state index in [1.807, 2.05) is 43.3 Å². The molecule has 35 heavy (non-hydrogen) atoms. The SMILES string of the molecule is CCOc1cc(/C=C(/C#N)C(=O)NCc2ccc(OC)cc2)ccc1OCc1ccc(Cl)c(Cl)c1. The van der Waals surface area contributed by atoms with Crippen LogP contribution in [-0.4, -0.2) is 19.6 Å². The predicted molar refractivity (Wildman–Crippen MR) is 137 cm³/mol. The zero-order chi connectivity index (χ0) is 25.2. The van der Waals surface area contributed by atoms with Crippen LogP contribution in [0.1, 0.15) is 23.6 Å². The molecule has 180 valence electrons. The largest absolute Gasteiger partial charge is 0.497 e. The average molecular weight is 511 g/mol. The van der Waals surface area contributed by atoms with Gasteiger partial charge in [0.1, 0.15) is 24.0 Å². The van der Waals surface area contributed by atoms with Crippen LogP contribution in [0, 0.1) is 11.3 Å². The molecule has 0 unspecified atom stereocenters. The Kier molecular flexibility index (Phi) is 9.42. The molecule has 0 saturated carbocycles. The van der Waals surface area contributed by atoms with Crippen LogP contribution in [0.2, 0.25) is 10.0 Å². The van der Waals surface area contributed by atoms with Crippen LogP contribution in [-0.2, 0) is 17.9 Å². The molecule has 0 aliphatic heterocycles. The fourth-order valence-electron chi connectivity index (χ4n) is 3.13. The first kappa shape index (κ1) is 26.0. The van der Waals surface area contributed by atoms with Gasteiger partial charge in [-0.05, 0) is 66.1 Å². The lowest BCUT2D eigenvalue weighted by atomic mass is 10.1. The van der Waals surface area contributed by atoms with Crippen LogP contribution >= 0.6 is 23.2 Å². The number of benzene rings is 3. The van der Waals surface area contributed by atoms with Gasteiger partial charge in [-0.25, -0.2) is 0 Å². The Hall–Kier alpha value is -3.66. The topological polar surface area (TPSA) is 80.6 Å². The highest BCUT2D eigenvalue weighted by atomic mass is 35.5. The molecule has 3 aromatic rings. The molecule has 1 amide bonds. The lowest BCUT2D eigenvalue weighted by Crippen LogP contribution is -2.23. The number of nitrogens with zero attached hydrogens (tertiary/aromatic N) is 1. The Morgan fingerprint density at radius 1 is 0.971 bits per heavy atom. The van der Waals surface area contributed by atoms with Crippen molar-refractivity contribution in [3.63, 3.8) is 0 Å². The summed E-state index contributed by atoms with van der Waals surface area (Å²) in [6, 6.07) is 19.8. The Morgan fingerprint density at radius 2 is 1.71 bits per heavy atom. The van der Waals surface area contributed by atoms with Crippen molar-refractivity contribution in [3.8, 4) is 23.3 Å². The minimum atomic E-state index is -0.471. The summed E-state index contributed by atoms with van der Waals surface area (Å²) in [6.45, 7) is 2.83. The zero-order valence-corrected chi connectivity index (χ0v) is 20.8. The summed E-state index contributed by atoms with van der Waals surface area (Å²) < 4.78 is 16.8. The summed E-state index contributed by atoms with van der Waals surface area (Å²) in [5.41, 5.74) is 2.35. The van der Waals surface area contributed by atoms with Crippen LogP contribution < -0.4 is 19.5 Å². The summed E-state index contributed by atoms with van der Waals surface area (Å²) >= 11 is 12.0. The summed E-state index contributed by atoms with van der Waals surface area (Å²) in [5.74, 6) is 1.28. The lowest BCUT2D eigenvalue weighted by molar-refractivity contribution is -0.117. The molecule has 1 N–H and O–H groups in total. The highest BCUT2D eigenvalue weighted by Crippen LogP contribution is 2.31. The molecule has 0 aliphatic carbocycles. The molecular weight excluding hydrogens is 487 g/mol. The molecule has 0 spiro atoms. The normalized spacial score (nSPS) is 10.9. The number of rotatable bonds is 10. The van der Waals surface area contributed by atoms with E-state index in [-0.39, 0.29) is 18.7 Å². The molecular formula is C27H24Cl2N2O4. The van der Waals surface area contributed by atoms with E-state index in [1.165, 1.54) is 6.08 Å². The Bertz CT molecular complexity index is 1250. The van der Waals surface area contributed by atoms with E-state index in [2.05, 4.69) is 5.32 Å². The number of hydrogen-bond donors (Lipinski definition) is 1. The van der Waals surface area contributed by atoms with Crippen molar-refractivity contribution in [3.05, 3.63) is 93.0 Å². The van der Waals surface area contributed by atoms with Crippen molar-refractivity contribution in [1.82, 2.24) is 5.32 Å². The van der Waals surface area contributed by atoms with E-state index < -0.39 is 5.91 Å². The van der Waals surface area contributed by atoms with Crippen LogP contribution in [0.3, 0.4) is 0 Å². The fourth-order valence-corrected chi connectivity index (χ4v) is 3.45. The number of halogens is 2. The van der Waals surface area contributed by atoms with Crippen molar-refractivity contribution >= 4 is 35.2 Å². The number of hydrogen-bond acceptors (Lipinski definition) is 5. The monoisotopic (exact) mass is 510 g/mol. The molecule has 0 radical (unpaired) electrons. The Labute approximate surface area is 214 Å². The molecule has 0 heterocycles. The molecule has 3 aromatic carbocycles. The molecule has 0 aromatic heterocycles. The van der Waals surface area contributed by atoms with Gasteiger partial charge in [0.05, 0.1) is 23.8 Å². The van der Waals surface area contributed by atoms with Crippen LogP contribution in [0.15, 0.2) is 66.2 Å². The molecule has 0 atom stereocenters. The zero-order valence-electron chi connectivity index (χ0n) is 19.3. The third-order valence-corrected chi connectivity index (χ3v) is 5.67. The molecule has 8 heteroatoms. The van der Waals surface area contributed by atoms with E-state index in [4.69, 9.17) is 37.4 Å². The molecule has 0 saturated heterocycles. The smallest absolute Gasteiger partial charge is 0.262 e. The summed E-state index contributed by atoms with van der Waals surface area (Å²) in [7, 11) is 1.59. The van der Waals surface area contributed by atoms with Gasteiger partial charge in [0, 0.05) is 6.54 Å². The van der Waals surface area contributed by atoms with E-state index in [9.17, 15) is 10.1 Å². The minimum absolute atomic E-state index is 0.0227. The number of nitrogens with one attached hydrogen (secondary N) is 1. The van der Waals surface area contributed by atoms with E-state index in [1.54, 1.807) is 37.4 Å². The van der Waals surface area contributed by atoms with Crippen molar-refractivity contribution in [2.75, 3.05) is 13.7 Å². The first-order valence-corrected chi connectivity index (χ1v) is 11.6. The van der Waals surface area contributed by atoms with Crippen molar-refractivity contribution in [2.45, 2.75) is 20.1 Å². The second kappa shape index (κ2) is 12.7. The minimum Gasteiger partial charge on any atom is -0.497 e. The van der Waals surface area contributed by atoms with Gasteiger partial charge < -0.3 is 19.5 Å². The van der Waals surface area contributed by atoms with Gasteiger partial charge in [0.25, 0.3) is 5.91 Å². The summed E-state index contributed by atoms with van der Waals surface area (Å²) in [5, 5.41) is 13.2. The van der Waals surface area contributed by atoms with Crippen LogP contribution in [0.5, 0.6) is 17.2 Å².